The lowest BCUT2D eigenvalue weighted by molar-refractivity contribution is 0.462. The van der Waals surface area contributed by atoms with Crippen LogP contribution in [0, 0.1) is 12.7 Å². The summed E-state index contributed by atoms with van der Waals surface area (Å²) in [5.41, 5.74) is 2.81. The second-order valence-corrected chi connectivity index (χ2v) is 4.98. The molecular weight excluding hydrogens is 271 g/mol. The predicted octanol–water partition coefficient (Wildman–Crippen LogP) is 4.15. The maximum absolute atomic E-state index is 13.3. The smallest absolute Gasteiger partial charge is 0.192 e. The second-order valence-electron chi connectivity index (χ2n) is 4.98. The molecule has 1 unspecified atom stereocenters. The van der Waals surface area contributed by atoms with E-state index in [1.807, 2.05) is 25.1 Å². The molecule has 1 heterocycles. The number of aryl methyl sites for hydroxylation is 1. The lowest BCUT2D eigenvalue weighted by atomic mass is 10.1. The zero-order valence-electron chi connectivity index (χ0n) is 11.7. The Labute approximate surface area is 121 Å². The first-order chi connectivity index (χ1) is 10.0. The zero-order chi connectivity index (χ0) is 15.0. The highest BCUT2D eigenvalue weighted by molar-refractivity contribution is 5.77. The number of aromatic hydroxyl groups is 1. The van der Waals surface area contributed by atoms with E-state index in [4.69, 9.17) is 4.42 Å². The highest BCUT2D eigenvalue weighted by atomic mass is 19.1. The highest BCUT2D eigenvalue weighted by Gasteiger charge is 2.12. The van der Waals surface area contributed by atoms with Gasteiger partial charge in [-0.2, -0.15) is 0 Å². The van der Waals surface area contributed by atoms with Crippen molar-refractivity contribution >= 4 is 16.8 Å². The molecule has 0 saturated carbocycles. The van der Waals surface area contributed by atoms with Gasteiger partial charge in [0.05, 0.1) is 6.04 Å². The molecule has 5 heteroatoms. The van der Waals surface area contributed by atoms with Crippen molar-refractivity contribution in [2.45, 2.75) is 19.9 Å². The fourth-order valence-electron chi connectivity index (χ4n) is 2.33. The van der Waals surface area contributed by atoms with Crippen molar-refractivity contribution in [3.05, 3.63) is 53.7 Å². The molecule has 1 atom stereocenters. The van der Waals surface area contributed by atoms with Crippen LogP contribution in [0.2, 0.25) is 0 Å². The van der Waals surface area contributed by atoms with E-state index in [0.29, 0.717) is 11.5 Å². The van der Waals surface area contributed by atoms with Crippen LogP contribution >= 0.6 is 0 Å². The molecule has 0 spiro atoms. The van der Waals surface area contributed by atoms with Gasteiger partial charge < -0.3 is 14.8 Å². The summed E-state index contributed by atoms with van der Waals surface area (Å²) in [7, 11) is 0. The van der Waals surface area contributed by atoms with Gasteiger partial charge >= 0.3 is 0 Å². The summed E-state index contributed by atoms with van der Waals surface area (Å²) >= 11 is 0. The van der Waals surface area contributed by atoms with E-state index in [0.717, 1.165) is 16.8 Å². The number of hydrogen-bond donors (Lipinski definition) is 2. The Bertz CT molecular complexity index is 798. The lowest BCUT2D eigenvalue weighted by Crippen LogP contribution is -2.07. The third-order valence-corrected chi connectivity index (χ3v) is 3.33. The van der Waals surface area contributed by atoms with Gasteiger partial charge in [-0.05, 0) is 43.3 Å². The van der Waals surface area contributed by atoms with Crippen LogP contribution < -0.4 is 5.32 Å². The minimum absolute atomic E-state index is 0.0646. The Hall–Kier alpha value is -2.56. The van der Waals surface area contributed by atoms with Gasteiger partial charge in [0, 0.05) is 18.2 Å². The van der Waals surface area contributed by atoms with Crippen LogP contribution in [-0.2, 0) is 0 Å². The van der Waals surface area contributed by atoms with E-state index in [1.54, 1.807) is 6.92 Å². The number of benzene rings is 2. The summed E-state index contributed by atoms with van der Waals surface area (Å²) in [6, 6.07) is 9.22. The van der Waals surface area contributed by atoms with Gasteiger partial charge in [0.25, 0.3) is 0 Å². The van der Waals surface area contributed by atoms with E-state index in [-0.39, 0.29) is 17.6 Å². The van der Waals surface area contributed by atoms with Crippen LogP contribution in [0.15, 0.2) is 40.8 Å². The van der Waals surface area contributed by atoms with E-state index in [2.05, 4.69) is 10.3 Å². The normalized spacial score (nSPS) is 12.5. The fraction of sp³-hybridized carbons (Fsp3) is 0.188. The number of rotatable bonds is 3. The topological polar surface area (TPSA) is 58.3 Å². The Balaban J connectivity index is 1.88. The lowest BCUT2D eigenvalue weighted by Gasteiger charge is -2.17. The van der Waals surface area contributed by atoms with Gasteiger partial charge in [0.2, 0.25) is 0 Å². The summed E-state index contributed by atoms with van der Waals surface area (Å²) in [5, 5.41) is 13.0. The summed E-state index contributed by atoms with van der Waals surface area (Å²) < 4.78 is 18.7. The quantitative estimate of drug-likeness (QED) is 0.759. The molecule has 2 aromatic carbocycles. The van der Waals surface area contributed by atoms with Gasteiger partial charge in [-0.1, -0.05) is 0 Å². The third kappa shape index (κ3) is 2.67. The van der Waals surface area contributed by atoms with Crippen LogP contribution in [0.25, 0.3) is 11.1 Å². The van der Waals surface area contributed by atoms with Gasteiger partial charge in [-0.25, -0.2) is 9.37 Å². The Morgan fingerprint density at radius 2 is 2.05 bits per heavy atom. The number of aromatic nitrogens is 1. The largest absolute Gasteiger partial charge is 0.508 e. The number of phenols is 1. The molecule has 0 aliphatic rings. The Morgan fingerprint density at radius 1 is 1.24 bits per heavy atom. The van der Waals surface area contributed by atoms with E-state index in [9.17, 15) is 9.50 Å². The molecule has 0 radical (unpaired) electrons. The molecule has 4 nitrogen and oxygen atoms in total. The Morgan fingerprint density at radius 3 is 2.86 bits per heavy atom. The van der Waals surface area contributed by atoms with E-state index >= 15 is 0 Å². The van der Waals surface area contributed by atoms with Gasteiger partial charge in [-0.15, -0.1) is 0 Å². The average molecular weight is 286 g/mol. The molecule has 0 fully saturated rings. The number of oxazole rings is 1. The van der Waals surface area contributed by atoms with Gasteiger partial charge in [0.15, 0.2) is 11.5 Å². The molecule has 1 aromatic heterocycles. The number of halogens is 1. The number of nitrogens with one attached hydrogen (secondary N) is 1. The molecule has 0 bridgehead atoms. The molecule has 3 rings (SSSR count). The molecule has 2 N–H and O–H groups in total. The van der Waals surface area contributed by atoms with Crippen LogP contribution in [0.4, 0.5) is 10.1 Å². The number of nitrogens with zero attached hydrogens (tertiary/aromatic N) is 1. The molecule has 0 saturated heterocycles. The highest BCUT2D eigenvalue weighted by Crippen LogP contribution is 2.28. The van der Waals surface area contributed by atoms with Crippen LogP contribution in [0.3, 0.4) is 0 Å². The molecule has 0 amide bonds. The summed E-state index contributed by atoms with van der Waals surface area (Å²) in [5.74, 6) is 0.298. The first-order valence-corrected chi connectivity index (χ1v) is 6.65. The fourth-order valence-corrected chi connectivity index (χ4v) is 2.33. The van der Waals surface area contributed by atoms with Crippen molar-refractivity contribution in [1.82, 2.24) is 4.98 Å². The second kappa shape index (κ2) is 5.09. The average Bonchev–Trinajstić information content (AvgIpc) is 2.80. The molecule has 3 aromatic rings. The van der Waals surface area contributed by atoms with E-state index < -0.39 is 0 Å². The zero-order valence-corrected chi connectivity index (χ0v) is 11.7. The first kappa shape index (κ1) is 13.4. The number of hydrogen-bond acceptors (Lipinski definition) is 4. The van der Waals surface area contributed by atoms with Gasteiger partial charge in [0.1, 0.15) is 17.1 Å². The molecule has 108 valence electrons. The minimum Gasteiger partial charge on any atom is -0.508 e. The summed E-state index contributed by atoms with van der Waals surface area (Å²) in [6.07, 6.45) is 0. The molecule has 0 aliphatic carbocycles. The standard InChI is InChI=1S/C16H15FN2O2/c1-9(13-7-11(17)3-5-15(13)20)18-12-4-6-16-14(8-12)19-10(2)21-16/h3-9,18,20H,1-2H3. The molecule has 21 heavy (non-hydrogen) atoms. The molecular formula is C16H15FN2O2. The Kier molecular flexibility index (Phi) is 3.25. The number of phenolic OH excluding ortho intramolecular Hbond substituents is 1. The van der Waals surface area contributed by atoms with Crippen molar-refractivity contribution in [2.75, 3.05) is 5.32 Å². The third-order valence-electron chi connectivity index (χ3n) is 3.33. The maximum Gasteiger partial charge on any atom is 0.192 e. The predicted molar refractivity (Wildman–Crippen MR) is 78.8 cm³/mol. The first-order valence-electron chi connectivity index (χ1n) is 6.65. The van der Waals surface area contributed by atoms with Crippen molar-refractivity contribution in [3.63, 3.8) is 0 Å². The monoisotopic (exact) mass is 286 g/mol. The van der Waals surface area contributed by atoms with Crippen molar-refractivity contribution in [2.24, 2.45) is 0 Å². The van der Waals surface area contributed by atoms with Crippen LogP contribution in [-0.4, -0.2) is 10.1 Å². The van der Waals surface area contributed by atoms with Gasteiger partial charge in [-0.3, -0.25) is 0 Å². The number of anilines is 1. The molecule has 0 aliphatic heterocycles. The SMILES string of the molecule is Cc1nc2cc(NC(C)c3cc(F)ccc3O)ccc2o1. The number of fused-ring (bicyclic) bond motifs is 1. The summed E-state index contributed by atoms with van der Waals surface area (Å²) in [6.45, 7) is 3.65. The van der Waals surface area contributed by atoms with Crippen molar-refractivity contribution < 1.29 is 13.9 Å². The van der Waals surface area contributed by atoms with E-state index in [1.165, 1.54) is 18.2 Å². The van der Waals surface area contributed by atoms with Crippen LogP contribution in [0.1, 0.15) is 24.4 Å². The minimum atomic E-state index is -0.376. The van der Waals surface area contributed by atoms with Crippen molar-refractivity contribution in [3.8, 4) is 5.75 Å². The van der Waals surface area contributed by atoms with Crippen molar-refractivity contribution in [1.29, 1.82) is 0 Å². The summed E-state index contributed by atoms with van der Waals surface area (Å²) in [4.78, 5) is 4.27. The van der Waals surface area contributed by atoms with Crippen LogP contribution in [0.5, 0.6) is 5.75 Å². The maximum atomic E-state index is 13.3.